The molecule has 0 bridgehead atoms. The highest BCUT2D eigenvalue weighted by atomic mass is 32.2. The summed E-state index contributed by atoms with van der Waals surface area (Å²) >= 11 is 0. The molecule has 0 aliphatic carbocycles. The van der Waals surface area contributed by atoms with Crippen molar-refractivity contribution in [2.24, 2.45) is 0 Å². The Balaban J connectivity index is 2.07. The first kappa shape index (κ1) is 20.2. The van der Waals surface area contributed by atoms with Gasteiger partial charge in [0.05, 0.1) is 12.0 Å². The molecule has 0 amide bonds. The molecule has 29 heavy (non-hydrogen) atoms. The number of phenols is 1. The second kappa shape index (κ2) is 7.80. The third kappa shape index (κ3) is 3.72. The third-order valence-electron chi connectivity index (χ3n) is 4.20. The molecule has 0 aliphatic heterocycles. The predicted molar refractivity (Wildman–Crippen MR) is 104 cm³/mol. The fraction of sp³-hybridized carbons (Fsp3) is 0.0500. The number of hydrogen-bond donors (Lipinski definition) is 2. The van der Waals surface area contributed by atoms with Gasteiger partial charge in [0.15, 0.2) is 5.75 Å². The van der Waals surface area contributed by atoms with Crippen LogP contribution in [-0.2, 0) is 10.0 Å². The van der Waals surface area contributed by atoms with Gasteiger partial charge in [-0.2, -0.15) is 8.42 Å². The third-order valence-corrected chi connectivity index (χ3v) is 5.66. The number of carboxylic acids is 1. The van der Waals surface area contributed by atoms with Crippen LogP contribution in [0.25, 0.3) is 11.1 Å². The second-order valence-corrected chi connectivity index (χ2v) is 7.67. The summed E-state index contributed by atoms with van der Waals surface area (Å²) in [5.41, 5.74) is -0.343. The minimum absolute atomic E-state index is 0.386. The van der Waals surface area contributed by atoms with Gasteiger partial charge in [0.25, 0.3) is 10.0 Å². The van der Waals surface area contributed by atoms with Crippen molar-refractivity contribution < 1.29 is 32.6 Å². The zero-order valence-electron chi connectivity index (χ0n) is 15.1. The molecule has 0 radical (unpaired) electrons. The van der Waals surface area contributed by atoms with E-state index in [1.807, 2.05) is 0 Å². The summed E-state index contributed by atoms with van der Waals surface area (Å²) in [7, 11) is -3.26. The number of carboxylic acid groups (broad SMARTS) is 1. The number of hydrogen-bond acceptors (Lipinski definition) is 5. The highest BCUT2D eigenvalue weighted by Crippen LogP contribution is 2.36. The Labute approximate surface area is 166 Å². The Bertz CT molecular complexity index is 1180. The van der Waals surface area contributed by atoms with Gasteiger partial charge in [-0.15, -0.1) is 0 Å². The summed E-state index contributed by atoms with van der Waals surface area (Å²) in [6.07, 6.45) is 0. The number of anilines is 1. The molecule has 0 aliphatic rings. The van der Waals surface area contributed by atoms with Crippen LogP contribution in [0.4, 0.5) is 10.2 Å². The van der Waals surface area contributed by atoms with Crippen LogP contribution in [0, 0.1) is 0 Å². The van der Waals surface area contributed by atoms with E-state index in [0.29, 0.717) is 16.9 Å². The van der Waals surface area contributed by atoms with E-state index in [9.17, 15) is 22.8 Å². The maximum Gasteiger partial charge on any atom is 0.339 e. The number of sulfonamides is 1. The minimum Gasteiger partial charge on any atom is -0.505 e. The number of para-hydroxylation sites is 2. The lowest BCUT2D eigenvalue weighted by atomic mass is 10.1. The van der Waals surface area contributed by atoms with Gasteiger partial charge in [-0.05, 0) is 35.9 Å². The molecule has 9 heteroatoms. The monoisotopic (exact) mass is 417 g/mol. The van der Waals surface area contributed by atoms with Crippen LogP contribution in [0.1, 0.15) is 10.4 Å². The molecule has 3 rings (SSSR count). The average molecular weight is 417 g/mol. The molecule has 0 atom stereocenters. The quantitative estimate of drug-likeness (QED) is 0.591. The molecule has 7 nitrogen and oxygen atoms in total. The van der Waals surface area contributed by atoms with Crippen LogP contribution in [0.5, 0.6) is 11.5 Å². The van der Waals surface area contributed by atoms with E-state index in [1.54, 1.807) is 30.3 Å². The lowest BCUT2D eigenvalue weighted by Gasteiger charge is -2.17. The maximum atomic E-state index is 14.9. The molecule has 0 saturated carbocycles. The van der Waals surface area contributed by atoms with Crippen molar-refractivity contribution in [3.05, 3.63) is 72.3 Å². The number of nitrogens with zero attached hydrogens (tertiary/aromatic N) is 1. The van der Waals surface area contributed by atoms with Crippen LogP contribution in [0.2, 0.25) is 0 Å². The standard InChI is InChI=1S/C20H16FNO6S/c1-28-18-11-3-2-8-15(18)13-6-4-7-14(12-13)29(26,27)22(21)17-10-5-9-16(19(17)23)20(24)25/h2-12,23H,1H3,(H,24,25). The van der Waals surface area contributed by atoms with E-state index in [2.05, 4.69) is 0 Å². The summed E-state index contributed by atoms with van der Waals surface area (Å²) in [6.45, 7) is 0. The normalized spacial score (nSPS) is 11.1. The Kier molecular flexibility index (Phi) is 5.42. The zero-order chi connectivity index (χ0) is 21.2. The zero-order valence-corrected chi connectivity index (χ0v) is 15.9. The molecule has 0 saturated heterocycles. The topological polar surface area (TPSA) is 104 Å². The molecule has 0 aromatic heterocycles. The number of benzene rings is 3. The van der Waals surface area contributed by atoms with Crippen LogP contribution in [-0.4, -0.2) is 31.7 Å². The predicted octanol–water partition coefficient (Wildman–Crippen LogP) is 3.85. The number of ether oxygens (including phenoxy) is 1. The van der Waals surface area contributed by atoms with Crippen molar-refractivity contribution in [1.82, 2.24) is 0 Å². The van der Waals surface area contributed by atoms with Gasteiger partial charge in [0.1, 0.15) is 17.0 Å². The van der Waals surface area contributed by atoms with Gasteiger partial charge in [-0.1, -0.05) is 45.4 Å². The van der Waals surface area contributed by atoms with Gasteiger partial charge in [-0.25, -0.2) is 4.79 Å². The molecular weight excluding hydrogens is 401 g/mol. The van der Waals surface area contributed by atoms with E-state index in [4.69, 9.17) is 9.84 Å². The van der Waals surface area contributed by atoms with Crippen LogP contribution >= 0.6 is 0 Å². The number of methoxy groups -OCH3 is 1. The molecular formula is C20H16FNO6S. The Morgan fingerprint density at radius 3 is 2.41 bits per heavy atom. The van der Waals surface area contributed by atoms with Gasteiger partial charge in [0.2, 0.25) is 0 Å². The Hall–Kier alpha value is -3.59. The van der Waals surface area contributed by atoms with Gasteiger partial charge < -0.3 is 14.9 Å². The van der Waals surface area contributed by atoms with Crippen molar-refractivity contribution in [3.8, 4) is 22.6 Å². The fourth-order valence-electron chi connectivity index (χ4n) is 2.78. The number of rotatable bonds is 6. The van der Waals surface area contributed by atoms with Gasteiger partial charge >= 0.3 is 5.97 Å². The number of carbonyl (C=O) groups is 1. The first-order chi connectivity index (χ1) is 13.8. The SMILES string of the molecule is COc1ccccc1-c1cccc(S(=O)(=O)N(F)c2cccc(C(=O)O)c2O)c1. The van der Waals surface area contributed by atoms with Gasteiger partial charge in [-0.3, -0.25) is 0 Å². The smallest absolute Gasteiger partial charge is 0.339 e. The number of halogens is 1. The molecule has 0 heterocycles. The van der Waals surface area contributed by atoms with Gasteiger partial charge in [0, 0.05) is 5.56 Å². The van der Waals surface area contributed by atoms with Crippen molar-refractivity contribution in [2.45, 2.75) is 4.90 Å². The van der Waals surface area contributed by atoms with Crippen molar-refractivity contribution in [3.63, 3.8) is 0 Å². The van der Waals surface area contributed by atoms with Crippen LogP contribution in [0.15, 0.2) is 71.6 Å². The van der Waals surface area contributed by atoms with E-state index in [0.717, 1.165) is 18.2 Å². The lowest BCUT2D eigenvalue weighted by Crippen LogP contribution is -2.23. The van der Waals surface area contributed by atoms with Crippen LogP contribution in [0.3, 0.4) is 0 Å². The summed E-state index contributed by atoms with van der Waals surface area (Å²) in [4.78, 5) is 10.7. The Morgan fingerprint density at radius 1 is 1.03 bits per heavy atom. The first-order valence-electron chi connectivity index (χ1n) is 8.27. The first-order valence-corrected chi connectivity index (χ1v) is 9.71. The fourth-order valence-corrected chi connectivity index (χ4v) is 3.89. The van der Waals surface area contributed by atoms with Crippen molar-refractivity contribution in [2.75, 3.05) is 11.6 Å². The minimum atomic E-state index is -4.73. The molecule has 2 N–H and O–H groups in total. The molecule has 3 aromatic rings. The van der Waals surface area contributed by atoms with E-state index < -0.39 is 37.5 Å². The number of aromatic hydroxyl groups is 1. The van der Waals surface area contributed by atoms with E-state index in [1.165, 1.54) is 25.3 Å². The summed E-state index contributed by atoms with van der Waals surface area (Å²) in [6, 6.07) is 15.6. The molecule has 3 aromatic carbocycles. The summed E-state index contributed by atoms with van der Waals surface area (Å²) in [5, 5.41) is 19.0. The summed E-state index contributed by atoms with van der Waals surface area (Å²) < 4.78 is 45.0. The molecule has 0 unspecified atom stereocenters. The molecule has 150 valence electrons. The van der Waals surface area contributed by atoms with E-state index in [-0.39, 0.29) is 4.90 Å². The van der Waals surface area contributed by atoms with Crippen molar-refractivity contribution in [1.29, 1.82) is 0 Å². The average Bonchev–Trinajstić information content (AvgIpc) is 2.73. The van der Waals surface area contributed by atoms with E-state index >= 15 is 0 Å². The van der Waals surface area contributed by atoms with Crippen LogP contribution < -0.4 is 9.26 Å². The lowest BCUT2D eigenvalue weighted by molar-refractivity contribution is 0.0693. The second-order valence-electron chi connectivity index (χ2n) is 5.93. The largest absolute Gasteiger partial charge is 0.505 e. The molecule has 0 spiro atoms. The Morgan fingerprint density at radius 2 is 1.72 bits per heavy atom. The highest BCUT2D eigenvalue weighted by Gasteiger charge is 2.29. The maximum absolute atomic E-state index is 14.9. The highest BCUT2D eigenvalue weighted by molar-refractivity contribution is 7.92. The van der Waals surface area contributed by atoms with Crippen molar-refractivity contribution >= 4 is 21.7 Å². The summed E-state index contributed by atoms with van der Waals surface area (Å²) in [5.74, 6) is -2.01. The number of aromatic carboxylic acids is 1. The molecule has 0 fully saturated rings.